The molecule has 2 rings (SSSR count). The Kier molecular flexibility index (Phi) is 5.18. The van der Waals surface area contributed by atoms with Crippen LogP contribution in [-0.2, 0) is 10.0 Å². The Morgan fingerprint density at radius 3 is 2.60 bits per heavy atom. The summed E-state index contributed by atoms with van der Waals surface area (Å²) in [5.74, 6) is 0.596. The lowest BCUT2D eigenvalue weighted by molar-refractivity contribution is 0.268. The van der Waals surface area contributed by atoms with Gasteiger partial charge in [0.1, 0.15) is 0 Å². The van der Waals surface area contributed by atoms with Gasteiger partial charge in [0.05, 0.1) is 4.90 Å². The number of aryl methyl sites for hydroxylation is 1. The lowest BCUT2D eigenvalue weighted by Gasteiger charge is -2.31. The van der Waals surface area contributed by atoms with E-state index in [1.54, 1.807) is 22.5 Å². The number of nitrogens with zero attached hydrogens (tertiary/aromatic N) is 1. The summed E-state index contributed by atoms with van der Waals surface area (Å²) in [7, 11) is -3.32. The number of nitrogens with one attached hydrogen (secondary N) is 1. The molecule has 1 heterocycles. The van der Waals surface area contributed by atoms with Gasteiger partial charge in [-0.1, -0.05) is 19.1 Å². The van der Waals surface area contributed by atoms with Crippen molar-refractivity contribution in [1.29, 1.82) is 0 Å². The highest BCUT2D eigenvalue weighted by atomic mass is 32.2. The van der Waals surface area contributed by atoms with E-state index in [0.717, 1.165) is 31.5 Å². The summed E-state index contributed by atoms with van der Waals surface area (Å²) in [6, 6.07) is 7.16. The number of rotatable bonds is 5. The van der Waals surface area contributed by atoms with Crippen molar-refractivity contribution in [2.24, 2.45) is 5.92 Å². The molecule has 0 aromatic heterocycles. The van der Waals surface area contributed by atoms with Crippen molar-refractivity contribution >= 4 is 10.0 Å². The van der Waals surface area contributed by atoms with E-state index in [0.29, 0.717) is 23.9 Å². The Hall–Kier alpha value is -0.910. The molecule has 1 aliphatic rings. The normalized spacial score (nSPS) is 18.3. The second kappa shape index (κ2) is 6.70. The first-order valence-electron chi connectivity index (χ1n) is 7.31. The Balaban J connectivity index is 2.02. The third-order valence-corrected chi connectivity index (χ3v) is 5.78. The Morgan fingerprint density at radius 2 is 2.00 bits per heavy atom. The van der Waals surface area contributed by atoms with E-state index in [2.05, 4.69) is 12.2 Å². The molecule has 0 unspecified atom stereocenters. The first kappa shape index (κ1) is 15.5. The SMILES string of the molecule is CCNCC1CCN(S(=O)(=O)c2cccc(C)c2)CC1. The van der Waals surface area contributed by atoms with Crippen LogP contribution >= 0.6 is 0 Å². The topological polar surface area (TPSA) is 49.4 Å². The summed E-state index contributed by atoms with van der Waals surface area (Å²) in [5, 5.41) is 3.34. The molecule has 1 N–H and O–H groups in total. The van der Waals surface area contributed by atoms with E-state index in [1.165, 1.54) is 0 Å². The summed E-state index contributed by atoms with van der Waals surface area (Å²) < 4.78 is 26.8. The predicted octanol–water partition coefficient (Wildman–Crippen LogP) is 2.01. The minimum atomic E-state index is -3.32. The molecule has 112 valence electrons. The van der Waals surface area contributed by atoms with Crippen molar-refractivity contribution in [3.8, 4) is 0 Å². The smallest absolute Gasteiger partial charge is 0.243 e. The van der Waals surface area contributed by atoms with Gasteiger partial charge in [0.15, 0.2) is 0 Å². The van der Waals surface area contributed by atoms with Gasteiger partial charge < -0.3 is 5.32 Å². The molecule has 1 aliphatic heterocycles. The van der Waals surface area contributed by atoms with E-state index >= 15 is 0 Å². The standard InChI is InChI=1S/C15H24N2O2S/c1-3-16-12-14-7-9-17(10-8-14)20(18,19)15-6-4-5-13(2)11-15/h4-6,11,14,16H,3,7-10,12H2,1-2H3. The van der Waals surface area contributed by atoms with Crippen molar-refractivity contribution in [2.45, 2.75) is 31.6 Å². The molecule has 1 aromatic carbocycles. The maximum Gasteiger partial charge on any atom is 0.243 e. The van der Waals surface area contributed by atoms with Gasteiger partial charge in [0.2, 0.25) is 10.0 Å². The molecule has 0 radical (unpaired) electrons. The van der Waals surface area contributed by atoms with Gasteiger partial charge in [-0.25, -0.2) is 8.42 Å². The van der Waals surface area contributed by atoms with Crippen molar-refractivity contribution in [3.63, 3.8) is 0 Å². The summed E-state index contributed by atoms with van der Waals surface area (Å²) >= 11 is 0. The van der Waals surface area contributed by atoms with E-state index in [1.807, 2.05) is 13.0 Å². The van der Waals surface area contributed by atoms with E-state index in [4.69, 9.17) is 0 Å². The maximum atomic E-state index is 12.6. The predicted molar refractivity (Wildman–Crippen MR) is 81.2 cm³/mol. The average molecular weight is 296 g/mol. The highest BCUT2D eigenvalue weighted by Crippen LogP contribution is 2.23. The zero-order valence-corrected chi connectivity index (χ0v) is 13.1. The van der Waals surface area contributed by atoms with E-state index < -0.39 is 10.0 Å². The van der Waals surface area contributed by atoms with Crippen LogP contribution in [0.5, 0.6) is 0 Å². The highest BCUT2D eigenvalue weighted by molar-refractivity contribution is 7.89. The quantitative estimate of drug-likeness (QED) is 0.904. The summed E-state index contributed by atoms with van der Waals surface area (Å²) in [4.78, 5) is 0.419. The van der Waals surface area contributed by atoms with Gasteiger partial charge in [-0.3, -0.25) is 0 Å². The van der Waals surface area contributed by atoms with Gasteiger partial charge in [-0.2, -0.15) is 4.31 Å². The van der Waals surface area contributed by atoms with Gasteiger partial charge in [-0.15, -0.1) is 0 Å². The molecule has 0 atom stereocenters. The van der Waals surface area contributed by atoms with Gasteiger partial charge in [0.25, 0.3) is 0 Å². The van der Waals surface area contributed by atoms with Gasteiger partial charge in [-0.05, 0) is 56.5 Å². The third kappa shape index (κ3) is 3.59. The fraction of sp³-hybridized carbons (Fsp3) is 0.600. The summed E-state index contributed by atoms with van der Waals surface area (Å²) in [5.41, 5.74) is 0.980. The fourth-order valence-corrected chi connectivity index (χ4v) is 4.20. The molecule has 4 nitrogen and oxygen atoms in total. The zero-order chi connectivity index (χ0) is 14.6. The van der Waals surface area contributed by atoms with Gasteiger partial charge in [0, 0.05) is 13.1 Å². The van der Waals surface area contributed by atoms with Crippen molar-refractivity contribution in [2.75, 3.05) is 26.2 Å². The molecular weight excluding hydrogens is 272 g/mol. The molecule has 0 amide bonds. The van der Waals surface area contributed by atoms with Crippen LogP contribution in [-0.4, -0.2) is 38.9 Å². The van der Waals surface area contributed by atoms with Crippen molar-refractivity contribution < 1.29 is 8.42 Å². The van der Waals surface area contributed by atoms with Crippen LogP contribution in [0.25, 0.3) is 0 Å². The Bertz CT molecular complexity index is 535. The molecule has 0 aliphatic carbocycles. The van der Waals surface area contributed by atoms with Crippen LogP contribution in [0.4, 0.5) is 0 Å². The highest BCUT2D eigenvalue weighted by Gasteiger charge is 2.29. The lowest BCUT2D eigenvalue weighted by Crippen LogP contribution is -2.40. The van der Waals surface area contributed by atoms with E-state index in [9.17, 15) is 8.42 Å². The molecule has 1 saturated heterocycles. The first-order valence-corrected chi connectivity index (χ1v) is 8.75. The molecule has 20 heavy (non-hydrogen) atoms. The second-order valence-corrected chi connectivity index (χ2v) is 7.41. The first-order chi connectivity index (χ1) is 9.54. The largest absolute Gasteiger partial charge is 0.317 e. The minimum absolute atomic E-state index is 0.419. The number of sulfonamides is 1. The van der Waals surface area contributed by atoms with Crippen LogP contribution < -0.4 is 5.32 Å². The molecule has 1 fully saturated rings. The number of benzene rings is 1. The summed E-state index contributed by atoms with van der Waals surface area (Å²) in [6.07, 6.45) is 1.89. The number of piperidine rings is 1. The van der Waals surface area contributed by atoms with Crippen LogP contribution in [0.3, 0.4) is 0 Å². The van der Waals surface area contributed by atoms with Crippen molar-refractivity contribution in [1.82, 2.24) is 9.62 Å². The van der Waals surface area contributed by atoms with Crippen LogP contribution in [0, 0.1) is 12.8 Å². The van der Waals surface area contributed by atoms with Crippen LogP contribution in [0.15, 0.2) is 29.2 Å². The Labute approximate surface area is 122 Å². The average Bonchev–Trinajstić information content (AvgIpc) is 2.45. The summed E-state index contributed by atoms with van der Waals surface area (Å²) in [6.45, 7) is 7.24. The molecule has 0 saturated carbocycles. The van der Waals surface area contributed by atoms with Crippen LogP contribution in [0.1, 0.15) is 25.3 Å². The minimum Gasteiger partial charge on any atom is -0.317 e. The monoisotopic (exact) mass is 296 g/mol. The molecular formula is C15H24N2O2S. The molecule has 0 spiro atoms. The second-order valence-electron chi connectivity index (χ2n) is 5.47. The lowest BCUT2D eigenvalue weighted by atomic mass is 9.98. The molecule has 5 heteroatoms. The van der Waals surface area contributed by atoms with Crippen molar-refractivity contribution in [3.05, 3.63) is 29.8 Å². The third-order valence-electron chi connectivity index (χ3n) is 3.88. The zero-order valence-electron chi connectivity index (χ0n) is 12.3. The fourth-order valence-electron chi connectivity index (χ4n) is 2.63. The number of hydrogen-bond donors (Lipinski definition) is 1. The maximum absolute atomic E-state index is 12.6. The molecule has 1 aromatic rings. The Morgan fingerprint density at radius 1 is 1.30 bits per heavy atom. The van der Waals surface area contributed by atoms with E-state index in [-0.39, 0.29) is 0 Å². The van der Waals surface area contributed by atoms with Gasteiger partial charge >= 0.3 is 0 Å². The molecule has 0 bridgehead atoms. The number of hydrogen-bond acceptors (Lipinski definition) is 3. The van der Waals surface area contributed by atoms with Crippen LogP contribution in [0.2, 0.25) is 0 Å².